The van der Waals surface area contributed by atoms with Crippen molar-refractivity contribution in [2.45, 2.75) is 26.2 Å². The van der Waals surface area contributed by atoms with Crippen LogP contribution in [-0.2, 0) is 19.1 Å². The predicted molar refractivity (Wildman–Crippen MR) is 93.4 cm³/mol. The van der Waals surface area contributed by atoms with E-state index in [4.69, 9.17) is 9.47 Å². The van der Waals surface area contributed by atoms with Crippen molar-refractivity contribution in [1.29, 1.82) is 0 Å². The second-order valence-electron chi connectivity index (χ2n) is 5.73. The van der Waals surface area contributed by atoms with Gasteiger partial charge >= 0.3 is 5.97 Å². The fourth-order valence-electron chi connectivity index (χ4n) is 2.54. The van der Waals surface area contributed by atoms with Gasteiger partial charge in [-0.1, -0.05) is 12.2 Å². The second kappa shape index (κ2) is 8.86. The molecule has 1 atom stereocenters. The van der Waals surface area contributed by atoms with E-state index < -0.39 is 5.91 Å². The van der Waals surface area contributed by atoms with Crippen LogP contribution in [0.3, 0.4) is 0 Å². The van der Waals surface area contributed by atoms with Crippen LogP contribution in [0, 0.1) is 5.92 Å². The molecule has 1 aliphatic carbocycles. The smallest absolute Gasteiger partial charge is 0.309 e. The minimum Gasteiger partial charge on any atom is -0.495 e. The molecule has 1 aromatic carbocycles. The second-order valence-corrected chi connectivity index (χ2v) is 5.73. The average Bonchev–Trinajstić information content (AvgIpc) is 2.60. The van der Waals surface area contributed by atoms with Crippen molar-refractivity contribution in [2.75, 3.05) is 24.4 Å². The molecule has 1 aromatic rings. The monoisotopic (exact) mass is 346 g/mol. The molecule has 1 aliphatic rings. The summed E-state index contributed by atoms with van der Waals surface area (Å²) >= 11 is 0. The molecule has 0 heterocycles. The van der Waals surface area contributed by atoms with Gasteiger partial charge in [0, 0.05) is 12.6 Å². The van der Waals surface area contributed by atoms with Crippen molar-refractivity contribution in [2.24, 2.45) is 5.92 Å². The lowest BCUT2D eigenvalue weighted by Crippen LogP contribution is -2.25. The highest BCUT2D eigenvalue weighted by Crippen LogP contribution is 2.28. The highest BCUT2D eigenvalue weighted by Gasteiger charge is 2.21. The third-order valence-electron chi connectivity index (χ3n) is 3.74. The Morgan fingerprint density at radius 2 is 2.00 bits per heavy atom. The number of carbonyl (C=O) groups is 3. The average molecular weight is 346 g/mol. The predicted octanol–water partition coefficient (Wildman–Crippen LogP) is 2.49. The molecule has 0 radical (unpaired) electrons. The van der Waals surface area contributed by atoms with Crippen molar-refractivity contribution in [3.8, 4) is 5.75 Å². The molecule has 134 valence electrons. The Morgan fingerprint density at radius 3 is 2.64 bits per heavy atom. The lowest BCUT2D eigenvalue weighted by atomic mass is 9.95. The van der Waals surface area contributed by atoms with Crippen LogP contribution in [-0.4, -0.2) is 31.5 Å². The van der Waals surface area contributed by atoms with E-state index in [-0.39, 0.29) is 24.4 Å². The number of esters is 1. The van der Waals surface area contributed by atoms with Crippen LogP contribution < -0.4 is 15.4 Å². The molecular formula is C18H22N2O5. The summed E-state index contributed by atoms with van der Waals surface area (Å²) in [7, 11) is 1.47. The number of carbonyl (C=O) groups excluding carboxylic acids is 3. The molecule has 7 nitrogen and oxygen atoms in total. The number of benzene rings is 1. The number of hydrogen-bond donors (Lipinski definition) is 2. The van der Waals surface area contributed by atoms with Gasteiger partial charge in [-0.25, -0.2) is 0 Å². The molecule has 0 aromatic heterocycles. The molecule has 25 heavy (non-hydrogen) atoms. The van der Waals surface area contributed by atoms with E-state index in [1.165, 1.54) is 14.0 Å². The van der Waals surface area contributed by atoms with Crippen LogP contribution in [0.2, 0.25) is 0 Å². The minimum atomic E-state index is -0.474. The Hall–Kier alpha value is -2.83. The van der Waals surface area contributed by atoms with Gasteiger partial charge in [0.25, 0.3) is 5.91 Å². The summed E-state index contributed by atoms with van der Waals surface area (Å²) < 4.78 is 10.3. The highest BCUT2D eigenvalue weighted by atomic mass is 16.5. The molecule has 2 N–H and O–H groups in total. The Morgan fingerprint density at radius 1 is 1.20 bits per heavy atom. The van der Waals surface area contributed by atoms with Crippen molar-refractivity contribution < 1.29 is 23.9 Å². The number of hydrogen-bond acceptors (Lipinski definition) is 5. The normalized spacial score (nSPS) is 16.0. The van der Waals surface area contributed by atoms with E-state index in [0.29, 0.717) is 23.5 Å². The van der Waals surface area contributed by atoms with Crippen molar-refractivity contribution in [3.05, 3.63) is 30.4 Å². The SMILES string of the molecule is COc1ccc(NC(C)=O)cc1NC(=O)COC(=O)C1CC=CCC1. The fraction of sp³-hybridized carbons (Fsp3) is 0.389. The third kappa shape index (κ3) is 5.63. The zero-order chi connectivity index (χ0) is 18.2. The van der Waals surface area contributed by atoms with E-state index in [1.807, 2.05) is 12.2 Å². The van der Waals surface area contributed by atoms with E-state index in [1.54, 1.807) is 18.2 Å². The van der Waals surface area contributed by atoms with Gasteiger partial charge < -0.3 is 20.1 Å². The van der Waals surface area contributed by atoms with Crippen molar-refractivity contribution in [1.82, 2.24) is 0 Å². The summed E-state index contributed by atoms with van der Waals surface area (Å²) in [6.45, 7) is 1.02. The van der Waals surface area contributed by atoms with E-state index in [0.717, 1.165) is 12.8 Å². The van der Waals surface area contributed by atoms with Gasteiger partial charge in [-0.3, -0.25) is 14.4 Å². The van der Waals surface area contributed by atoms with Crippen LogP contribution in [0.1, 0.15) is 26.2 Å². The zero-order valence-electron chi connectivity index (χ0n) is 14.3. The first kappa shape index (κ1) is 18.5. The van der Waals surface area contributed by atoms with Crippen molar-refractivity contribution in [3.63, 3.8) is 0 Å². The topological polar surface area (TPSA) is 93.7 Å². The Bertz CT molecular complexity index is 684. The number of anilines is 2. The third-order valence-corrected chi connectivity index (χ3v) is 3.74. The lowest BCUT2D eigenvalue weighted by Gasteiger charge is -2.16. The largest absolute Gasteiger partial charge is 0.495 e. The molecule has 0 bridgehead atoms. The molecule has 7 heteroatoms. The highest BCUT2D eigenvalue weighted by molar-refractivity contribution is 5.96. The summed E-state index contributed by atoms with van der Waals surface area (Å²) in [6.07, 6.45) is 6.22. The maximum Gasteiger partial charge on any atom is 0.309 e. The molecule has 0 saturated carbocycles. The summed E-state index contributed by atoms with van der Waals surface area (Å²) in [5.41, 5.74) is 0.907. The Labute approximate surface area is 146 Å². The minimum absolute atomic E-state index is 0.185. The first-order valence-electron chi connectivity index (χ1n) is 8.06. The quantitative estimate of drug-likeness (QED) is 0.610. The standard InChI is InChI=1S/C18H22N2O5/c1-12(21)19-14-8-9-16(24-2)15(10-14)20-17(22)11-25-18(23)13-6-4-3-5-7-13/h3-4,8-10,13H,5-7,11H2,1-2H3,(H,19,21)(H,20,22). The fourth-order valence-corrected chi connectivity index (χ4v) is 2.54. The zero-order valence-corrected chi connectivity index (χ0v) is 14.3. The van der Waals surface area contributed by atoms with Crippen molar-refractivity contribution >= 4 is 29.2 Å². The van der Waals surface area contributed by atoms with Crippen LogP contribution in [0.4, 0.5) is 11.4 Å². The van der Waals surface area contributed by atoms with Crippen LogP contribution in [0.15, 0.2) is 30.4 Å². The number of methoxy groups -OCH3 is 1. The summed E-state index contributed by atoms with van der Waals surface area (Å²) in [6, 6.07) is 4.86. The first-order valence-corrected chi connectivity index (χ1v) is 8.06. The van der Waals surface area contributed by atoms with Crippen LogP contribution >= 0.6 is 0 Å². The summed E-state index contributed by atoms with van der Waals surface area (Å²) in [5.74, 6) is -0.809. The molecule has 0 aliphatic heterocycles. The number of allylic oxidation sites excluding steroid dienone is 2. The lowest BCUT2D eigenvalue weighted by molar-refractivity contribution is -0.151. The maximum absolute atomic E-state index is 12.1. The summed E-state index contributed by atoms with van der Waals surface area (Å²) in [4.78, 5) is 35.1. The summed E-state index contributed by atoms with van der Waals surface area (Å²) in [5, 5.41) is 5.25. The molecule has 0 fully saturated rings. The van der Waals surface area contributed by atoms with Gasteiger partial charge in [0.1, 0.15) is 5.75 Å². The molecule has 2 rings (SSSR count). The van der Waals surface area contributed by atoms with Gasteiger partial charge in [-0.2, -0.15) is 0 Å². The van der Waals surface area contributed by atoms with E-state index >= 15 is 0 Å². The van der Waals surface area contributed by atoms with E-state index in [2.05, 4.69) is 10.6 Å². The Kier molecular flexibility index (Phi) is 6.56. The number of amides is 2. The molecule has 2 amide bonds. The van der Waals surface area contributed by atoms with Crippen LogP contribution in [0.25, 0.3) is 0 Å². The van der Waals surface area contributed by atoms with Gasteiger partial charge in [0.2, 0.25) is 5.91 Å². The molecular weight excluding hydrogens is 324 g/mol. The van der Waals surface area contributed by atoms with Gasteiger partial charge in [0.05, 0.1) is 18.7 Å². The molecule has 1 unspecified atom stereocenters. The molecule has 0 spiro atoms. The number of rotatable bonds is 6. The van der Waals surface area contributed by atoms with Gasteiger partial charge in [-0.05, 0) is 37.5 Å². The number of ether oxygens (including phenoxy) is 2. The maximum atomic E-state index is 12.1. The van der Waals surface area contributed by atoms with Gasteiger partial charge in [0.15, 0.2) is 6.61 Å². The molecule has 0 saturated heterocycles. The van der Waals surface area contributed by atoms with Crippen LogP contribution in [0.5, 0.6) is 5.75 Å². The van der Waals surface area contributed by atoms with Gasteiger partial charge in [-0.15, -0.1) is 0 Å². The first-order chi connectivity index (χ1) is 12.0. The Balaban J connectivity index is 1.93. The number of nitrogens with one attached hydrogen (secondary N) is 2. The van der Waals surface area contributed by atoms with E-state index in [9.17, 15) is 14.4 Å².